The molecular weight excluding hydrogens is 457 g/mol. The minimum Gasteiger partial charge on any atom is -0.486 e. The third kappa shape index (κ3) is 6.30. The van der Waals surface area contributed by atoms with E-state index >= 15 is 0 Å². The van der Waals surface area contributed by atoms with Crippen LogP contribution in [0.3, 0.4) is 0 Å². The second-order valence-corrected chi connectivity index (χ2v) is 6.27. The van der Waals surface area contributed by atoms with Crippen LogP contribution in [0.4, 0.5) is 0 Å². The summed E-state index contributed by atoms with van der Waals surface area (Å²) in [6.45, 7) is 6.83. The number of para-hydroxylation sites is 2. The van der Waals surface area contributed by atoms with Crippen molar-refractivity contribution in [2.45, 2.75) is 32.8 Å². The highest BCUT2D eigenvalue weighted by molar-refractivity contribution is 14.0. The number of benzene rings is 1. The lowest BCUT2D eigenvalue weighted by Gasteiger charge is -2.25. The highest BCUT2D eigenvalue weighted by Crippen LogP contribution is 2.30. The number of aryl methyl sites for hydroxylation is 2. The van der Waals surface area contributed by atoms with Gasteiger partial charge in [0.1, 0.15) is 6.61 Å². The van der Waals surface area contributed by atoms with Gasteiger partial charge in [0.2, 0.25) is 0 Å². The summed E-state index contributed by atoms with van der Waals surface area (Å²) in [7, 11) is 0. The predicted octanol–water partition coefficient (Wildman–Crippen LogP) is 2.66. The van der Waals surface area contributed by atoms with Crippen LogP contribution in [-0.4, -0.2) is 48.5 Å². The number of H-pyrrole nitrogens is 1. The summed E-state index contributed by atoms with van der Waals surface area (Å²) in [5.41, 5.74) is 2.40. The van der Waals surface area contributed by atoms with Gasteiger partial charge in [0.15, 0.2) is 23.6 Å². The van der Waals surface area contributed by atoms with Crippen molar-refractivity contribution in [2.75, 3.05) is 26.2 Å². The van der Waals surface area contributed by atoms with Gasteiger partial charge in [-0.25, -0.2) is 4.99 Å². The molecule has 0 saturated heterocycles. The van der Waals surface area contributed by atoms with Crippen molar-refractivity contribution < 1.29 is 9.47 Å². The number of aromatic nitrogens is 2. The first kappa shape index (κ1) is 21.3. The van der Waals surface area contributed by atoms with E-state index in [2.05, 4.69) is 32.7 Å². The molecule has 0 bridgehead atoms. The molecule has 2 heterocycles. The van der Waals surface area contributed by atoms with Crippen LogP contribution < -0.4 is 20.1 Å². The van der Waals surface area contributed by atoms with Gasteiger partial charge >= 0.3 is 0 Å². The first-order chi connectivity index (χ1) is 12.8. The highest BCUT2D eigenvalue weighted by Gasteiger charge is 2.20. The van der Waals surface area contributed by atoms with Crippen molar-refractivity contribution in [3.8, 4) is 11.5 Å². The van der Waals surface area contributed by atoms with Crippen LogP contribution in [0.5, 0.6) is 11.5 Å². The second kappa shape index (κ2) is 11.0. The molecule has 1 aromatic heterocycles. The zero-order valence-electron chi connectivity index (χ0n) is 15.8. The van der Waals surface area contributed by atoms with Gasteiger partial charge < -0.3 is 20.1 Å². The van der Waals surface area contributed by atoms with E-state index in [0.29, 0.717) is 13.2 Å². The Bertz CT molecular complexity index is 734. The highest BCUT2D eigenvalue weighted by atomic mass is 127. The van der Waals surface area contributed by atoms with Crippen molar-refractivity contribution >= 4 is 29.9 Å². The van der Waals surface area contributed by atoms with E-state index in [4.69, 9.17) is 9.47 Å². The van der Waals surface area contributed by atoms with Crippen molar-refractivity contribution in [1.29, 1.82) is 0 Å². The molecule has 3 rings (SSSR count). The molecule has 148 valence electrons. The second-order valence-electron chi connectivity index (χ2n) is 6.27. The quantitative estimate of drug-likeness (QED) is 0.243. The van der Waals surface area contributed by atoms with Crippen molar-refractivity contribution in [2.24, 2.45) is 4.99 Å². The number of hydrogen-bond acceptors (Lipinski definition) is 4. The molecule has 1 aliphatic heterocycles. The average molecular weight is 485 g/mol. The molecule has 0 amide bonds. The van der Waals surface area contributed by atoms with E-state index in [9.17, 15) is 0 Å². The monoisotopic (exact) mass is 485 g/mol. The Morgan fingerprint density at radius 2 is 2.11 bits per heavy atom. The van der Waals surface area contributed by atoms with Crippen molar-refractivity contribution in [3.05, 3.63) is 41.7 Å². The smallest absolute Gasteiger partial charge is 0.191 e. The number of aromatic amines is 1. The molecule has 1 unspecified atom stereocenters. The molecule has 1 aliphatic rings. The van der Waals surface area contributed by atoms with E-state index < -0.39 is 0 Å². The zero-order valence-corrected chi connectivity index (χ0v) is 18.2. The fraction of sp³-hybridized carbons (Fsp3) is 0.474. The van der Waals surface area contributed by atoms with E-state index in [1.807, 2.05) is 37.4 Å². The standard InChI is InChI=1S/C19H27N5O2.HI/c1-3-20-19(21-10-6-7-15-11-23-24-14(15)2)22-12-16-13-25-17-8-4-5-9-18(17)26-16;/h4-5,8-9,11,16H,3,6-7,10,12-13H2,1-2H3,(H,23,24)(H2,20,21,22);1H. The summed E-state index contributed by atoms with van der Waals surface area (Å²) in [6.07, 6.45) is 3.83. The van der Waals surface area contributed by atoms with Crippen molar-refractivity contribution in [3.63, 3.8) is 0 Å². The molecule has 0 saturated carbocycles. The van der Waals surface area contributed by atoms with E-state index in [-0.39, 0.29) is 30.1 Å². The Hall–Kier alpha value is -1.97. The Kier molecular flexibility index (Phi) is 8.70. The molecular formula is C19H28IN5O2. The minimum atomic E-state index is -0.0751. The maximum atomic E-state index is 5.95. The van der Waals surface area contributed by atoms with Gasteiger partial charge in [-0.15, -0.1) is 24.0 Å². The summed E-state index contributed by atoms with van der Waals surface area (Å²) in [6, 6.07) is 7.73. The number of nitrogens with zero attached hydrogens (tertiary/aromatic N) is 2. The lowest BCUT2D eigenvalue weighted by Crippen LogP contribution is -2.40. The number of hydrogen-bond donors (Lipinski definition) is 3. The molecule has 1 aromatic carbocycles. The zero-order chi connectivity index (χ0) is 18.2. The van der Waals surface area contributed by atoms with Gasteiger partial charge in [-0.2, -0.15) is 5.10 Å². The van der Waals surface area contributed by atoms with Crippen LogP contribution in [0.2, 0.25) is 0 Å². The average Bonchev–Trinajstić information content (AvgIpc) is 3.08. The fourth-order valence-electron chi connectivity index (χ4n) is 2.80. The van der Waals surface area contributed by atoms with Gasteiger partial charge in [-0.3, -0.25) is 5.10 Å². The van der Waals surface area contributed by atoms with Gasteiger partial charge in [-0.1, -0.05) is 12.1 Å². The molecule has 27 heavy (non-hydrogen) atoms. The first-order valence-electron chi connectivity index (χ1n) is 9.15. The molecule has 1 atom stereocenters. The van der Waals surface area contributed by atoms with E-state index in [0.717, 1.165) is 49.1 Å². The minimum absolute atomic E-state index is 0. The van der Waals surface area contributed by atoms with Gasteiger partial charge in [0.05, 0.1) is 12.7 Å². The van der Waals surface area contributed by atoms with Gasteiger partial charge in [0.25, 0.3) is 0 Å². The summed E-state index contributed by atoms with van der Waals surface area (Å²) >= 11 is 0. The predicted molar refractivity (Wildman–Crippen MR) is 117 cm³/mol. The Morgan fingerprint density at radius 3 is 2.85 bits per heavy atom. The van der Waals surface area contributed by atoms with Gasteiger partial charge in [-0.05, 0) is 44.4 Å². The van der Waals surface area contributed by atoms with Gasteiger partial charge in [0, 0.05) is 18.8 Å². The molecule has 0 radical (unpaired) electrons. The summed E-state index contributed by atoms with van der Waals surface area (Å²) in [4.78, 5) is 4.63. The number of halogens is 1. The van der Waals surface area contributed by atoms with Crippen LogP contribution in [0, 0.1) is 6.92 Å². The fourth-order valence-corrected chi connectivity index (χ4v) is 2.80. The number of aliphatic imine (C=N–C) groups is 1. The van der Waals surface area contributed by atoms with Crippen LogP contribution in [-0.2, 0) is 6.42 Å². The summed E-state index contributed by atoms with van der Waals surface area (Å²) < 4.78 is 11.7. The summed E-state index contributed by atoms with van der Waals surface area (Å²) in [5, 5.41) is 13.7. The molecule has 8 heteroatoms. The number of rotatable bonds is 7. The Morgan fingerprint density at radius 1 is 1.30 bits per heavy atom. The number of guanidine groups is 1. The molecule has 3 N–H and O–H groups in total. The maximum absolute atomic E-state index is 5.95. The van der Waals surface area contributed by atoms with Crippen LogP contribution in [0.25, 0.3) is 0 Å². The molecule has 7 nitrogen and oxygen atoms in total. The maximum Gasteiger partial charge on any atom is 0.191 e. The number of fused-ring (bicyclic) bond motifs is 1. The first-order valence-corrected chi connectivity index (χ1v) is 9.15. The normalized spacial score (nSPS) is 15.8. The third-order valence-corrected chi connectivity index (χ3v) is 4.21. The summed E-state index contributed by atoms with van der Waals surface area (Å²) in [5.74, 6) is 2.39. The number of nitrogens with one attached hydrogen (secondary N) is 3. The Balaban J connectivity index is 0.00000261. The van der Waals surface area contributed by atoms with E-state index in [1.54, 1.807) is 0 Å². The molecule has 0 aliphatic carbocycles. The van der Waals surface area contributed by atoms with Crippen LogP contribution in [0.15, 0.2) is 35.5 Å². The number of ether oxygens (including phenoxy) is 2. The van der Waals surface area contributed by atoms with Crippen LogP contribution >= 0.6 is 24.0 Å². The Labute approximate surface area is 177 Å². The molecule has 0 spiro atoms. The van der Waals surface area contributed by atoms with Crippen molar-refractivity contribution in [1.82, 2.24) is 20.8 Å². The molecule has 0 fully saturated rings. The van der Waals surface area contributed by atoms with E-state index in [1.165, 1.54) is 5.56 Å². The van der Waals surface area contributed by atoms with Crippen LogP contribution in [0.1, 0.15) is 24.6 Å². The molecule has 2 aromatic rings. The lowest BCUT2D eigenvalue weighted by molar-refractivity contribution is 0.0971. The SMILES string of the molecule is CCNC(=NCC1COc2ccccc2O1)NCCCc1cn[nH]c1C.I. The largest absolute Gasteiger partial charge is 0.486 e. The lowest BCUT2D eigenvalue weighted by atomic mass is 10.1. The topological polar surface area (TPSA) is 83.6 Å². The third-order valence-electron chi connectivity index (χ3n) is 4.21.